The molecule has 86 valence electrons. The number of rotatable bonds is 2. The molecule has 4 nitrogen and oxygen atoms in total. The van der Waals surface area contributed by atoms with Gasteiger partial charge in [0.25, 0.3) is 0 Å². The molecule has 0 bridgehead atoms. The van der Waals surface area contributed by atoms with Gasteiger partial charge in [0, 0.05) is 25.1 Å². The Balaban J connectivity index is 2.35. The fraction of sp³-hybridized carbons (Fsp3) is 0.364. The van der Waals surface area contributed by atoms with Crippen LogP contribution in [0.5, 0.6) is 5.75 Å². The SMILES string of the molecule is COc1ccc(F)c(N2CC(N)CC2=O)c1. The number of benzene rings is 1. The molecule has 1 fully saturated rings. The van der Waals surface area contributed by atoms with E-state index in [0.29, 0.717) is 12.3 Å². The highest BCUT2D eigenvalue weighted by Gasteiger charge is 2.29. The molecule has 0 spiro atoms. The van der Waals surface area contributed by atoms with Gasteiger partial charge in [-0.15, -0.1) is 0 Å². The molecule has 2 rings (SSSR count). The molecular formula is C11H13FN2O2. The zero-order valence-electron chi connectivity index (χ0n) is 8.94. The molecule has 0 saturated carbocycles. The second-order valence-electron chi connectivity index (χ2n) is 3.79. The van der Waals surface area contributed by atoms with Gasteiger partial charge >= 0.3 is 0 Å². The highest BCUT2D eigenvalue weighted by atomic mass is 19.1. The van der Waals surface area contributed by atoms with Crippen molar-refractivity contribution in [1.82, 2.24) is 0 Å². The molecule has 1 atom stereocenters. The van der Waals surface area contributed by atoms with Crippen molar-refractivity contribution in [2.75, 3.05) is 18.6 Å². The highest BCUT2D eigenvalue weighted by Crippen LogP contribution is 2.28. The van der Waals surface area contributed by atoms with Crippen molar-refractivity contribution in [2.24, 2.45) is 5.73 Å². The first-order chi connectivity index (χ1) is 7.61. The predicted molar refractivity (Wildman–Crippen MR) is 57.9 cm³/mol. The number of carbonyl (C=O) groups is 1. The lowest BCUT2D eigenvalue weighted by Gasteiger charge is -2.17. The molecule has 1 amide bonds. The summed E-state index contributed by atoms with van der Waals surface area (Å²) in [5.41, 5.74) is 5.89. The van der Waals surface area contributed by atoms with Crippen LogP contribution < -0.4 is 15.4 Å². The Labute approximate surface area is 92.8 Å². The van der Waals surface area contributed by atoms with Gasteiger partial charge in [-0.25, -0.2) is 4.39 Å². The molecule has 1 aliphatic heterocycles. The smallest absolute Gasteiger partial charge is 0.228 e. The van der Waals surface area contributed by atoms with Gasteiger partial charge in [0.15, 0.2) is 0 Å². The lowest BCUT2D eigenvalue weighted by Crippen LogP contribution is -2.28. The van der Waals surface area contributed by atoms with Crippen LogP contribution >= 0.6 is 0 Å². The first-order valence-corrected chi connectivity index (χ1v) is 5.01. The highest BCUT2D eigenvalue weighted by molar-refractivity contribution is 5.96. The van der Waals surface area contributed by atoms with Gasteiger partial charge in [0.1, 0.15) is 11.6 Å². The van der Waals surface area contributed by atoms with Crippen molar-refractivity contribution in [3.05, 3.63) is 24.0 Å². The summed E-state index contributed by atoms with van der Waals surface area (Å²) < 4.78 is 18.6. The largest absolute Gasteiger partial charge is 0.497 e. The number of hydrogen-bond donors (Lipinski definition) is 1. The number of amides is 1. The second-order valence-corrected chi connectivity index (χ2v) is 3.79. The van der Waals surface area contributed by atoms with Crippen molar-refractivity contribution in [3.63, 3.8) is 0 Å². The van der Waals surface area contributed by atoms with Crippen LogP contribution in [0.3, 0.4) is 0 Å². The van der Waals surface area contributed by atoms with Crippen LogP contribution in [0.25, 0.3) is 0 Å². The summed E-state index contributed by atoms with van der Waals surface area (Å²) in [6.45, 7) is 0.350. The van der Waals surface area contributed by atoms with Gasteiger partial charge < -0.3 is 15.4 Å². The summed E-state index contributed by atoms with van der Waals surface area (Å²) >= 11 is 0. The standard InChI is InChI=1S/C11H13FN2O2/c1-16-8-2-3-9(12)10(5-8)14-6-7(13)4-11(14)15/h2-3,5,7H,4,6,13H2,1H3. The summed E-state index contributed by atoms with van der Waals surface area (Å²) in [7, 11) is 1.49. The van der Waals surface area contributed by atoms with Crippen LogP contribution in [0.1, 0.15) is 6.42 Å². The number of anilines is 1. The number of methoxy groups -OCH3 is 1. The van der Waals surface area contributed by atoms with Gasteiger partial charge in [-0.1, -0.05) is 0 Å². The third-order valence-electron chi connectivity index (χ3n) is 2.60. The third kappa shape index (κ3) is 1.86. The zero-order chi connectivity index (χ0) is 11.7. The summed E-state index contributed by atoms with van der Waals surface area (Å²) in [5, 5.41) is 0. The maximum Gasteiger partial charge on any atom is 0.228 e. The van der Waals surface area contributed by atoms with Crippen LogP contribution in [-0.4, -0.2) is 25.6 Å². The fourth-order valence-electron chi connectivity index (χ4n) is 1.79. The van der Waals surface area contributed by atoms with Gasteiger partial charge in [0.2, 0.25) is 5.91 Å². The van der Waals surface area contributed by atoms with E-state index < -0.39 is 5.82 Å². The molecule has 1 saturated heterocycles. The molecule has 5 heteroatoms. The fourth-order valence-corrected chi connectivity index (χ4v) is 1.79. The second kappa shape index (κ2) is 4.09. The Hall–Kier alpha value is -1.62. The monoisotopic (exact) mass is 224 g/mol. The number of nitrogens with two attached hydrogens (primary N) is 1. The van der Waals surface area contributed by atoms with Gasteiger partial charge in [-0.05, 0) is 12.1 Å². The maximum atomic E-state index is 13.6. The topological polar surface area (TPSA) is 55.6 Å². The van der Waals surface area contributed by atoms with E-state index in [2.05, 4.69) is 0 Å². The minimum atomic E-state index is -0.441. The summed E-state index contributed by atoms with van der Waals surface area (Å²) in [5.74, 6) is -0.0763. The minimum absolute atomic E-state index is 0.153. The molecule has 16 heavy (non-hydrogen) atoms. The van der Waals surface area contributed by atoms with Crippen LogP contribution in [0, 0.1) is 5.82 Å². The van der Waals surface area contributed by atoms with E-state index in [-0.39, 0.29) is 24.1 Å². The van der Waals surface area contributed by atoms with E-state index in [1.54, 1.807) is 0 Å². The molecule has 2 N–H and O–H groups in total. The van der Waals surface area contributed by atoms with Gasteiger partial charge in [-0.3, -0.25) is 4.79 Å². The Bertz CT molecular complexity index is 422. The third-order valence-corrected chi connectivity index (χ3v) is 2.60. The molecule has 0 aromatic heterocycles. The van der Waals surface area contributed by atoms with Crippen molar-refractivity contribution in [1.29, 1.82) is 0 Å². The first-order valence-electron chi connectivity index (χ1n) is 5.01. The predicted octanol–water partition coefficient (Wildman–Crippen LogP) is 0.898. The number of carbonyl (C=O) groups excluding carboxylic acids is 1. The van der Waals surface area contributed by atoms with Crippen molar-refractivity contribution in [2.45, 2.75) is 12.5 Å². The Morgan fingerprint density at radius 1 is 1.56 bits per heavy atom. The maximum absolute atomic E-state index is 13.6. The van der Waals surface area contributed by atoms with Gasteiger partial charge in [-0.2, -0.15) is 0 Å². The van der Waals surface area contributed by atoms with Crippen molar-refractivity contribution < 1.29 is 13.9 Å². The Morgan fingerprint density at radius 2 is 2.31 bits per heavy atom. The normalized spacial score (nSPS) is 20.3. The van der Waals surface area contributed by atoms with E-state index in [1.807, 2.05) is 0 Å². The van der Waals surface area contributed by atoms with E-state index in [0.717, 1.165) is 0 Å². The molecule has 1 heterocycles. The Kier molecular flexibility index (Phi) is 2.78. The number of ether oxygens (including phenoxy) is 1. The van der Waals surface area contributed by atoms with E-state index in [9.17, 15) is 9.18 Å². The minimum Gasteiger partial charge on any atom is -0.497 e. The van der Waals surface area contributed by atoms with Crippen LogP contribution in [0.15, 0.2) is 18.2 Å². The number of nitrogens with zero attached hydrogens (tertiary/aromatic N) is 1. The molecule has 1 aliphatic rings. The van der Waals surface area contributed by atoms with Crippen LogP contribution in [0.2, 0.25) is 0 Å². The summed E-state index contributed by atoms with van der Waals surface area (Å²) in [4.78, 5) is 12.9. The molecular weight excluding hydrogens is 211 g/mol. The average Bonchev–Trinajstić information content (AvgIpc) is 2.58. The first kappa shape index (κ1) is 10.9. The van der Waals surface area contributed by atoms with E-state index in [1.165, 1.54) is 30.2 Å². The molecule has 0 radical (unpaired) electrons. The molecule has 0 aliphatic carbocycles. The average molecular weight is 224 g/mol. The van der Waals surface area contributed by atoms with E-state index in [4.69, 9.17) is 10.5 Å². The summed E-state index contributed by atoms with van der Waals surface area (Å²) in [6, 6.07) is 4.08. The van der Waals surface area contributed by atoms with Crippen LogP contribution in [0.4, 0.5) is 10.1 Å². The number of halogens is 1. The van der Waals surface area contributed by atoms with Gasteiger partial charge in [0.05, 0.1) is 12.8 Å². The van der Waals surface area contributed by atoms with Crippen molar-refractivity contribution >= 4 is 11.6 Å². The molecule has 1 aromatic carbocycles. The molecule has 1 unspecified atom stereocenters. The quantitative estimate of drug-likeness (QED) is 0.812. The van der Waals surface area contributed by atoms with Crippen LogP contribution in [-0.2, 0) is 4.79 Å². The Morgan fingerprint density at radius 3 is 2.88 bits per heavy atom. The van der Waals surface area contributed by atoms with E-state index >= 15 is 0 Å². The zero-order valence-corrected chi connectivity index (χ0v) is 8.94. The molecule has 1 aromatic rings. The lowest BCUT2D eigenvalue weighted by atomic mass is 10.2. The lowest BCUT2D eigenvalue weighted by molar-refractivity contribution is -0.117. The summed E-state index contributed by atoms with van der Waals surface area (Å²) in [6.07, 6.45) is 0.261. The van der Waals surface area contributed by atoms with Crippen molar-refractivity contribution in [3.8, 4) is 5.75 Å². The number of hydrogen-bond acceptors (Lipinski definition) is 3.